The van der Waals surface area contributed by atoms with Gasteiger partial charge < -0.3 is 10.2 Å². The minimum atomic E-state index is -0.610. The van der Waals surface area contributed by atoms with Crippen molar-refractivity contribution >= 4 is 23.6 Å². The van der Waals surface area contributed by atoms with E-state index < -0.39 is 5.91 Å². The second-order valence-electron chi connectivity index (χ2n) is 8.12. The monoisotopic (exact) mass is 479 g/mol. The van der Waals surface area contributed by atoms with Gasteiger partial charge in [0, 0.05) is 42.7 Å². The summed E-state index contributed by atoms with van der Waals surface area (Å²) in [6, 6.07) is 23.5. The fourth-order valence-electron chi connectivity index (χ4n) is 3.49. The minimum Gasteiger partial charge on any atom is -0.345 e. The molecule has 0 radical (unpaired) electrons. The third kappa shape index (κ3) is 5.37. The summed E-state index contributed by atoms with van der Waals surface area (Å²) in [5.41, 5.74) is 3.21. The quantitative estimate of drug-likeness (QED) is 0.314. The van der Waals surface area contributed by atoms with Gasteiger partial charge in [-0.1, -0.05) is 18.2 Å². The molecule has 0 aliphatic heterocycles. The number of rotatable bonds is 6. The predicted octanol–water partition coefficient (Wildman–Crippen LogP) is 4.93. The van der Waals surface area contributed by atoms with Crippen LogP contribution in [0, 0.1) is 17.1 Å². The molecular weight excluding hydrogens is 457 g/mol. The number of nitrogens with zero attached hydrogens (tertiary/aromatic N) is 4. The summed E-state index contributed by atoms with van der Waals surface area (Å²) in [7, 11) is 3.31. The zero-order valence-electron chi connectivity index (χ0n) is 19.6. The lowest BCUT2D eigenvalue weighted by Gasteiger charge is -2.10. The van der Waals surface area contributed by atoms with Crippen molar-refractivity contribution in [1.82, 2.24) is 14.7 Å². The highest BCUT2D eigenvalue weighted by Gasteiger charge is 2.16. The number of nitriles is 1. The summed E-state index contributed by atoms with van der Waals surface area (Å²) >= 11 is 0. The van der Waals surface area contributed by atoms with Crippen LogP contribution in [-0.2, 0) is 4.79 Å². The Kier molecular flexibility index (Phi) is 7.02. The van der Waals surface area contributed by atoms with E-state index in [1.54, 1.807) is 61.4 Å². The molecular formula is C28H22FN5O2. The van der Waals surface area contributed by atoms with E-state index in [0.717, 1.165) is 5.69 Å². The third-order valence-corrected chi connectivity index (χ3v) is 5.34. The summed E-state index contributed by atoms with van der Waals surface area (Å²) < 4.78 is 15.1. The molecule has 1 N–H and O–H groups in total. The number of nitrogens with one attached hydrogen (secondary N) is 1. The Morgan fingerprint density at radius 1 is 1.00 bits per heavy atom. The summed E-state index contributed by atoms with van der Waals surface area (Å²) in [4.78, 5) is 26.4. The molecule has 4 aromatic rings. The van der Waals surface area contributed by atoms with Crippen molar-refractivity contribution in [3.63, 3.8) is 0 Å². The molecule has 0 aliphatic carbocycles. The lowest BCUT2D eigenvalue weighted by Crippen LogP contribution is -2.21. The molecule has 0 saturated carbocycles. The molecule has 1 aromatic heterocycles. The number of halogens is 1. The molecule has 3 aromatic carbocycles. The van der Waals surface area contributed by atoms with E-state index in [2.05, 4.69) is 10.4 Å². The fourth-order valence-corrected chi connectivity index (χ4v) is 3.49. The highest BCUT2D eigenvalue weighted by Crippen LogP contribution is 2.26. The lowest BCUT2D eigenvalue weighted by atomic mass is 10.1. The SMILES string of the molecule is CN(C)C(=O)c1ccc(NC(=O)C(C#N)=Cc2cn(-c3ccccc3)nc2-c2ccc(F)cc2)cc1. The van der Waals surface area contributed by atoms with Crippen molar-refractivity contribution in [3.8, 4) is 23.0 Å². The number of anilines is 1. The minimum absolute atomic E-state index is 0.139. The molecule has 7 nitrogen and oxygen atoms in total. The van der Waals surface area contributed by atoms with E-state index in [0.29, 0.717) is 28.1 Å². The fraction of sp³-hybridized carbons (Fsp3) is 0.0714. The van der Waals surface area contributed by atoms with Gasteiger partial charge in [0.15, 0.2) is 0 Å². The van der Waals surface area contributed by atoms with Crippen LogP contribution in [0.15, 0.2) is 90.6 Å². The smallest absolute Gasteiger partial charge is 0.266 e. The molecule has 36 heavy (non-hydrogen) atoms. The first-order chi connectivity index (χ1) is 17.4. The molecule has 0 fully saturated rings. The maximum atomic E-state index is 13.5. The highest BCUT2D eigenvalue weighted by molar-refractivity contribution is 6.10. The van der Waals surface area contributed by atoms with E-state index in [1.165, 1.54) is 23.1 Å². The molecule has 0 atom stereocenters. The maximum Gasteiger partial charge on any atom is 0.266 e. The van der Waals surface area contributed by atoms with Crippen LogP contribution >= 0.6 is 0 Å². The number of hydrogen-bond acceptors (Lipinski definition) is 4. The largest absolute Gasteiger partial charge is 0.345 e. The predicted molar refractivity (Wildman–Crippen MR) is 136 cm³/mol. The van der Waals surface area contributed by atoms with Gasteiger partial charge in [-0.15, -0.1) is 0 Å². The van der Waals surface area contributed by atoms with Crippen LogP contribution < -0.4 is 5.32 Å². The van der Waals surface area contributed by atoms with E-state index in [4.69, 9.17) is 0 Å². The molecule has 0 bridgehead atoms. The Bertz CT molecular complexity index is 1470. The van der Waals surface area contributed by atoms with Gasteiger partial charge in [0.25, 0.3) is 11.8 Å². The van der Waals surface area contributed by atoms with Crippen LogP contribution in [0.3, 0.4) is 0 Å². The number of carbonyl (C=O) groups is 2. The Labute approximate surface area is 207 Å². The molecule has 0 unspecified atom stereocenters. The molecule has 0 saturated heterocycles. The Morgan fingerprint density at radius 3 is 2.28 bits per heavy atom. The van der Waals surface area contributed by atoms with Crippen LogP contribution in [0.2, 0.25) is 0 Å². The number of aromatic nitrogens is 2. The maximum absolute atomic E-state index is 13.5. The third-order valence-electron chi connectivity index (χ3n) is 5.34. The summed E-state index contributed by atoms with van der Waals surface area (Å²) in [6.07, 6.45) is 3.16. The number of hydrogen-bond donors (Lipinski definition) is 1. The Balaban J connectivity index is 1.66. The average molecular weight is 480 g/mol. The van der Waals surface area contributed by atoms with E-state index in [-0.39, 0.29) is 17.3 Å². The number of carbonyl (C=O) groups excluding carboxylic acids is 2. The van der Waals surface area contributed by atoms with Crippen molar-refractivity contribution in [2.45, 2.75) is 0 Å². The molecule has 0 spiro atoms. The summed E-state index contributed by atoms with van der Waals surface area (Å²) in [6.45, 7) is 0. The number of amides is 2. The van der Waals surface area contributed by atoms with Crippen LogP contribution in [0.25, 0.3) is 23.0 Å². The van der Waals surface area contributed by atoms with Gasteiger partial charge in [-0.05, 0) is 66.7 Å². The molecule has 2 amide bonds. The van der Waals surface area contributed by atoms with Crippen LogP contribution in [0.1, 0.15) is 15.9 Å². The highest BCUT2D eigenvalue weighted by atomic mass is 19.1. The standard InChI is InChI=1S/C28H22FN5O2/c1-33(2)28(36)20-10-14-24(15-11-20)31-27(35)21(17-30)16-22-18-34(25-6-4-3-5-7-25)32-26(22)19-8-12-23(29)13-9-19/h3-16,18H,1-2H3,(H,31,35). The van der Waals surface area contributed by atoms with Crippen molar-refractivity contribution in [2.24, 2.45) is 0 Å². The summed E-state index contributed by atoms with van der Waals surface area (Å²) in [5.74, 6) is -1.15. The Hall–Kier alpha value is -5.03. The first kappa shape index (κ1) is 24.1. The zero-order valence-corrected chi connectivity index (χ0v) is 19.6. The van der Waals surface area contributed by atoms with Crippen LogP contribution in [-0.4, -0.2) is 40.6 Å². The van der Waals surface area contributed by atoms with Gasteiger partial charge in [0.1, 0.15) is 17.5 Å². The lowest BCUT2D eigenvalue weighted by molar-refractivity contribution is -0.112. The van der Waals surface area contributed by atoms with Gasteiger partial charge in [-0.25, -0.2) is 9.07 Å². The molecule has 4 rings (SSSR count). The normalized spacial score (nSPS) is 11.0. The van der Waals surface area contributed by atoms with Crippen LogP contribution in [0.4, 0.5) is 10.1 Å². The molecule has 178 valence electrons. The van der Waals surface area contributed by atoms with E-state index in [1.807, 2.05) is 36.4 Å². The van der Waals surface area contributed by atoms with Gasteiger partial charge >= 0.3 is 0 Å². The van der Waals surface area contributed by atoms with E-state index >= 15 is 0 Å². The van der Waals surface area contributed by atoms with Gasteiger partial charge in [0.05, 0.1) is 11.4 Å². The van der Waals surface area contributed by atoms with Crippen LogP contribution in [0.5, 0.6) is 0 Å². The molecule has 0 aliphatic rings. The summed E-state index contributed by atoms with van der Waals surface area (Å²) in [5, 5.41) is 17.0. The first-order valence-electron chi connectivity index (χ1n) is 11.0. The number of benzene rings is 3. The van der Waals surface area contributed by atoms with Gasteiger partial charge in [0.2, 0.25) is 0 Å². The van der Waals surface area contributed by atoms with Crippen molar-refractivity contribution in [2.75, 3.05) is 19.4 Å². The van der Waals surface area contributed by atoms with Gasteiger partial charge in [-0.3, -0.25) is 9.59 Å². The molecule has 8 heteroatoms. The van der Waals surface area contributed by atoms with E-state index in [9.17, 15) is 19.2 Å². The first-order valence-corrected chi connectivity index (χ1v) is 11.0. The average Bonchev–Trinajstić information content (AvgIpc) is 3.32. The van der Waals surface area contributed by atoms with Crippen molar-refractivity contribution < 1.29 is 14.0 Å². The second-order valence-corrected chi connectivity index (χ2v) is 8.12. The molecule has 1 heterocycles. The van der Waals surface area contributed by atoms with Gasteiger partial charge in [-0.2, -0.15) is 10.4 Å². The van der Waals surface area contributed by atoms with Crippen molar-refractivity contribution in [3.05, 3.63) is 108 Å². The number of para-hydroxylation sites is 1. The second kappa shape index (κ2) is 10.5. The zero-order chi connectivity index (χ0) is 25.7. The topological polar surface area (TPSA) is 91.0 Å². The Morgan fingerprint density at radius 2 is 1.67 bits per heavy atom. The van der Waals surface area contributed by atoms with Crippen molar-refractivity contribution in [1.29, 1.82) is 5.26 Å².